The summed E-state index contributed by atoms with van der Waals surface area (Å²) in [7, 11) is 0. The van der Waals surface area contributed by atoms with Crippen LogP contribution in [-0.4, -0.2) is 0 Å². The molecule has 134 valence electrons. The smallest absolute Gasteiger partial charge is 0.0155 e. The van der Waals surface area contributed by atoms with Crippen LogP contribution in [-0.2, 0) is 11.8 Å². The molecule has 0 saturated heterocycles. The summed E-state index contributed by atoms with van der Waals surface area (Å²) in [6.45, 7) is 8.58. The van der Waals surface area contributed by atoms with Gasteiger partial charge in [0, 0.05) is 8.99 Å². The molecule has 27 heavy (non-hydrogen) atoms. The molecule has 0 bridgehead atoms. The summed E-state index contributed by atoms with van der Waals surface area (Å²) < 4.78 is 1.28. The molecule has 1 aliphatic carbocycles. The van der Waals surface area contributed by atoms with Gasteiger partial charge in [-0.25, -0.2) is 0 Å². The number of rotatable bonds is 3. The molecule has 3 aromatic rings. The van der Waals surface area contributed by atoms with E-state index >= 15 is 0 Å². The zero-order valence-corrected chi connectivity index (χ0v) is 18.0. The molecule has 0 nitrogen and oxygen atoms in total. The highest BCUT2D eigenvalue weighted by Crippen LogP contribution is 2.49. The van der Waals surface area contributed by atoms with Gasteiger partial charge in [-0.3, -0.25) is 0 Å². The molecule has 0 aliphatic heterocycles. The summed E-state index contributed by atoms with van der Waals surface area (Å²) in [5.74, 6) is 0. The zero-order chi connectivity index (χ0) is 19.0. The van der Waals surface area contributed by atoms with E-state index in [-0.39, 0.29) is 5.41 Å². The van der Waals surface area contributed by atoms with Gasteiger partial charge in [0.05, 0.1) is 0 Å². The first kappa shape index (κ1) is 18.2. The van der Waals surface area contributed by atoms with Gasteiger partial charge in [-0.15, -0.1) is 0 Å². The molecule has 0 spiro atoms. The molecule has 1 heteroatoms. The van der Waals surface area contributed by atoms with Crippen LogP contribution in [0.25, 0.3) is 16.3 Å². The maximum absolute atomic E-state index is 3.93. The number of hydrogen-bond acceptors (Lipinski definition) is 0. The molecule has 0 unspecified atom stereocenters. The third-order valence-corrected chi connectivity index (χ3v) is 6.22. The molecule has 0 amide bonds. The molecular weight excluding hydrogens is 439 g/mol. The van der Waals surface area contributed by atoms with Crippen molar-refractivity contribution in [3.63, 3.8) is 0 Å². The Hall–Kier alpha value is -2.13. The van der Waals surface area contributed by atoms with Crippen LogP contribution in [0, 0.1) is 3.57 Å². The minimum Gasteiger partial charge on any atom is -0.0990 e. The number of halogens is 1. The van der Waals surface area contributed by atoms with Crippen molar-refractivity contribution in [3.05, 3.63) is 111 Å². The lowest BCUT2D eigenvalue weighted by molar-refractivity contribution is 0.658. The van der Waals surface area contributed by atoms with E-state index in [0.29, 0.717) is 0 Å². The Labute approximate surface area is 175 Å². The van der Waals surface area contributed by atoms with Gasteiger partial charge in [0.15, 0.2) is 0 Å². The van der Waals surface area contributed by atoms with Crippen molar-refractivity contribution < 1.29 is 0 Å². The van der Waals surface area contributed by atoms with E-state index in [1.165, 1.54) is 42.2 Å². The lowest BCUT2D eigenvalue weighted by Gasteiger charge is -2.22. The second-order valence-electron chi connectivity index (χ2n) is 7.63. The first-order valence-electron chi connectivity index (χ1n) is 9.32. The Balaban J connectivity index is 1.74. The highest BCUT2D eigenvalue weighted by molar-refractivity contribution is 14.1. The van der Waals surface area contributed by atoms with Crippen molar-refractivity contribution in [1.82, 2.24) is 0 Å². The summed E-state index contributed by atoms with van der Waals surface area (Å²) in [5, 5.41) is 2.61. The minimum absolute atomic E-state index is 0.0123. The van der Waals surface area contributed by atoms with E-state index < -0.39 is 0 Å². The molecule has 0 fully saturated rings. The van der Waals surface area contributed by atoms with Crippen LogP contribution >= 0.6 is 22.6 Å². The van der Waals surface area contributed by atoms with E-state index in [4.69, 9.17) is 0 Å². The molecular formula is C26H23I. The van der Waals surface area contributed by atoms with Gasteiger partial charge in [-0.1, -0.05) is 87.2 Å². The lowest BCUT2D eigenvalue weighted by atomic mass is 9.81. The van der Waals surface area contributed by atoms with Crippen molar-refractivity contribution >= 4 is 38.9 Å². The first-order chi connectivity index (χ1) is 13.0. The fourth-order valence-electron chi connectivity index (χ4n) is 4.17. The molecule has 4 rings (SSSR count). The van der Waals surface area contributed by atoms with Crippen LogP contribution in [0.3, 0.4) is 0 Å². The van der Waals surface area contributed by atoms with Crippen molar-refractivity contribution in [3.8, 4) is 0 Å². The zero-order valence-electron chi connectivity index (χ0n) is 15.8. The molecule has 0 N–H and O–H groups in total. The van der Waals surface area contributed by atoms with Crippen LogP contribution in [0.5, 0.6) is 0 Å². The fraction of sp³-hybridized carbons (Fsp3) is 0.154. The predicted octanol–water partition coefficient (Wildman–Crippen LogP) is 7.47. The number of hydrogen-bond donors (Lipinski definition) is 0. The maximum atomic E-state index is 3.93. The quantitative estimate of drug-likeness (QED) is 0.354. The second kappa shape index (κ2) is 7.12. The highest BCUT2D eigenvalue weighted by Gasteiger charge is 2.37. The Bertz CT molecular complexity index is 1100. The van der Waals surface area contributed by atoms with E-state index in [1.807, 2.05) is 6.08 Å². The molecule has 3 aromatic carbocycles. The van der Waals surface area contributed by atoms with Gasteiger partial charge in [0.2, 0.25) is 0 Å². The summed E-state index contributed by atoms with van der Waals surface area (Å²) in [6.07, 6.45) is 7.40. The minimum atomic E-state index is 0.0123. The average molecular weight is 462 g/mol. The molecule has 0 heterocycles. The Kier molecular flexibility index (Phi) is 4.81. The topological polar surface area (TPSA) is 0 Å². The Morgan fingerprint density at radius 2 is 1.70 bits per heavy atom. The molecule has 0 atom stereocenters. The van der Waals surface area contributed by atoms with Crippen molar-refractivity contribution in [2.24, 2.45) is 0 Å². The lowest BCUT2D eigenvalue weighted by Crippen LogP contribution is -2.15. The second-order valence-corrected chi connectivity index (χ2v) is 8.88. The third kappa shape index (κ3) is 3.29. The van der Waals surface area contributed by atoms with Crippen LogP contribution in [0.1, 0.15) is 30.5 Å². The van der Waals surface area contributed by atoms with Crippen molar-refractivity contribution in [1.29, 1.82) is 0 Å². The number of allylic oxidation sites excluding steroid dienone is 5. The van der Waals surface area contributed by atoms with Crippen molar-refractivity contribution in [2.75, 3.05) is 0 Å². The summed E-state index contributed by atoms with van der Waals surface area (Å²) >= 11 is 2.37. The predicted molar refractivity (Wildman–Crippen MR) is 126 cm³/mol. The normalized spacial score (nSPS) is 18.2. The molecule has 0 aromatic heterocycles. The molecule has 0 saturated carbocycles. The van der Waals surface area contributed by atoms with Gasteiger partial charge in [0.25, 0.3) is 0 Å². The largest absolute Gasteiger partial charge is 0.0990 e. The third-order valence-electron chi connectivity index (χ3n) is 5.55. The monoisotopic (exact) mass is 462 g/mol. The van der Waals surface area contributed by atoms with Crippen LogP contribution < -0.4 is 0 Å². The van der Waals surface area contributed by atoms with Crippen LogP contribution in [0.15, 0.2) is 91.0 Å². The summed E-state index contributed by atoms with van der Waals surface area (Å²) in [5.41, 5.74) is 6.80. The van der Waals surface area contributed by atoms with Gasteiger partial charge >= 0.3 is 0 Å². The van der Waals surface area contributed by atoms with E-state index in [0.717, 1.165) is 6.42 Å². The van der Waals surface area contributed by atoms with Gasteiger partial charge in [0.1, 0.15) is 0 Å². The Morgan fingerprint density at radius 1 is 0.963 bits per heavy atom. The van der Waals surface area contributed by atoms with E-state index in [9.17, 15) is 0 Å². The van der Waals surface area contributed by atoms with E-state index in [1.54, 1.807) is 0 Å². The van der Waals surface area contributed by atoms with Crippen LogP contribution in [0.4, 0.5) is 0 Å². The van der Waals surface area contributed by atoms with Crippen molar-refractivity contribution in [2.45, 2.75) is 25.7 Å². The average Bonchev–Trinajstić information content (AvgIpc) is 2.87. The standard InChI is InChI=1S/C26H23I/c1-4-7-22-23-8-5-6-9-24(23)26(2,3)25(22)15-11-18-10-12-20-17-21(27)14-13-19(20)16-18/h4-10,12-17H,1,11H2,2-3H3/b22-7?,25-15+. The number of benzene rings is 3. The van der Waals surface area contributed by atoms with Gasteiger partial charge in [-0.05, 0) is 79.8 Å². The SMILES string of the molecule is C=CC=C1/C(=C\Cc2ccc3cc(I)ccc3c2)C(C)(C)c2ccccc21. The highest BCUT2D eigenvalue weighted by atomic mass is 127. The maximum Gasteiger partial charge on any atom is 0.0155 e. The molecule has 0 radical (unpaired) electrons. The summed E-state index contributed by atoms with van der Waals surface area (Å²) in [6, 6.07) is 22.2. The summed E-state index contributed by atoms with van der Waals surface area (Å²) in [4.78, 5) is 0. The van der Waals surface area contributed by atoms with E-state index in [2.05, 4.69) is 116 Å². The van der Waals surface area contributed by atoms with Gasteiger partial charge in [-0.2, -0.15) is 0 Å². The van der Waals surface area contributed by atoms with Crippen LogP contribution in [0.2, 0.25) is 0 Å². The fourth-order valence-corrected chi connectivity index (χ4v) is 4.68. The Morgan fingerprint density at radius 3 is 2.52 bits per heavy atom. The number of fused-ring (bicyclic) bond motifs is 2. The molecule has 1 aliphatic rings. The van der Waals surface area contributed by atoms with Gasteiger partial charge < -0.3 is 0 Å². The first-order valence-corrected chi connectivity index (χ1v) is 10.4.